The van der Waals surface area contributed by atoms with Crippen LogP contribution in [-0.4, -0.2) is 25.0 Å². The summed E-state index contributed by atoms with van der Waals surface area (Å²) in [4.78, 5) is 21.7. The lowest BCUT2D eigenvalue weighted by Gasteiger charge is -2.36. The van der Waals surface area contributed by atoms with E-state index in [-0.39, 0.29) is 12.6 Å². The monoisotopic (exact) mass is 272 g/mol. The molecule has 0 N–H and O–H groups in total. The minimum Gasteiger partial charge on any atom is -0.431 e. The standard InChI is InChI=1S/C14H24O5/c1-9(2)12-6-5-10(3)7-13(12)19-14(16)18-11(4)17-8-15/h8-13H,5-7H2,1-4H3/t10-,11-,12+,13-/m1/s1. The molecule has 1 saturated carbocycles. The van der Waals surface area contributed by atoms with Gasteiger partial charge in [-0.05, 0) is 30.6 Å². The van der Waals surface area contributed by atoms with Crippen molar-refractivity contribution in [2.75, 3.05) is 0 Å². The van der Waals surface area contributed by atoms with Gasteiger partial charge in [0.25, 0.3) is 6.47 Å². The number of carbonyl (C=O) groups is 2. The Balaban J connectivity index is 2.51. The van der Waals surface area contributed by atoms with Gasteiger partial charge in [-0.2, -0.15) is 0 Å². The van der Waals surface area contributed by atoms with E-state index in [0.717, 1.165) is 12.8 Å². The Kier molecular flexibility index (Phi) is 6.12. The Morgan fingerprint density at radius 3 is 2.53 bits per heavy atom. The van der Waals surface area contributed by atoms with Crippen LogP contribution in [0.15, 0.2) is 0 Å². The molecule has 1 aliphatic rings. The van der Waals surface area contributed by atoms with Crippen molar-refractivity contribution >= 4 is 12.6 Å². The fourth-order valence-corrected chi connectivity index (χ4v) is 2.64. The fourth-order valence-electron chi connectivity index (χ4n) is 2.64. The number of rotatable bonds is 5. The first kappa shape index (κ1) is 15.8. The van der Waals surface area contributed by atoms with Crippen molar-refractivity contribution in [3.63, 3.8) is 0 Å². The van der Waals surface area contributed by atoms with E-state index in [2.05, 4.69) is 25.5 Å². The normalized spacial score (nSPS) is 28.6. The summed E-state index contributed by atoms with van der Waals surface area (Å²) in [6.45, 7) is 8.16. The fraction of sp³-hybridized carbons (Fsp3) is 0.857. The molecule has 5 nitrogen and oxygen atoms in total. The van der Waals surface area contributed by atoms with Crippen molar-refractivity contribution in [1.82, 2.24) is 0 Å². The molecule has 5 heteroatoms. The van der Waals surface area contributed by atoms with E-state index in [0.29, 0.717) is 17.8 Å². The third-order valence-corrected chi connectivity index (χ3v) is 3.72. The minimum absolute atomic E-state index is 0.111. The quantitative estimate of drug-likeness (QED) is 0.437. The smallest absolute Gasteiger partial charge is 0.431 e. The third-order valence-electron chi connectivity index (χ3n) is 3.72. The lowest BCUT2D eigenvalue weighted by atomic mass is 9.75. The van der Waals surface area contributed by atoms with Gasteiger partial charge < -0.3 is 14.2 Å². The van der Waals surface area contributed by atoms with Gasteiger partial charge in [0.05, 0.1) is 0 Å². The van der Waals surface area contributed by atoms with Crippen molar-refractivity contribution in [2.24, 2.45) is 17.8 Å². The maximum absolute atomic E-state index is 11.6. The highest BCUT2D eigenvalue weighted by Gasteiger charge is 2.34. The van der Waals surface area contributed by atoms with Crippen LogP contribution < -0.4 is 0 Å². The highest BCUT2D eigenvalue weighted by molar-refractivity contribution is 5.60. The topological polar surface area (TPSA) is 61.8 Å². The largest absolute Gasteiger partial charge is 0.511 e. The number of carbonyl (C=O) groups excluding carboxylic acids is 2. The molecule has 0 aromatic carbocycles. The Morgan fingerprint density at radius 2 is 1.95 bits per heavy atom. The third kappa shape index (κ3) is 5.09. The highest BCUT2D eigenvalue weighted by atomic mass is 16.8. The van der Waals surface area contributed by atoms with Gasteiger partial charge in [-0.1, -0.05) is 27.2 Å². The molecule has 110 valence electrons. The van der Waals surface area contributed by atoms with Crippen LogP contribution in [-0.2, 0) is 19.0 Å². The van der Waals surface area contributed by atoms with Crippen LogP contribution in [0.1, 0.15) is 47.0 Å². The Hall–Kier alpha value is -1.26. The summed E-state index contributed by atoms with van der Waals surface area (Å²) in [5, 5.41) is 0. The molecule has 0 amide bonds. The molecule has 0 aromatic rings. The summed E-state index contributed by atoms with van der Waals surface area (Å²) < 4.78 is 14.7. The van der Waals surface area contributed by atoms with E-state index in [1.54, 1.807) is 0 Å². The first-order chi connectivity index (χ1) is 8.93. The zero-order chi connectivity index (χ0) is 14.4. The average Bonchev–Trinajstić information content (AvgIpc) is 2.28. The lowest BCUT2D eigenvalue weighted by molar-refractivity contribution is -0.155. The second-order valence-electron chi connectivity index (χ2n) is 5.65. The molecule has 0 unspecified atom stereocenters. The molecule has 0 bridgehead atoms. The molecular weight excluding hydrogens is 248 g/mol. The molecule has 0 aromatic heterocycles. The van der Waals surface area contributed by atoms with Crippen LogP contribution >= 0.6 is 0 Å². The number of hydrogen-bond donors (Lipinski definition) is 0. The molecule has 4 atom stereocenters. The van der Waals surface area contributed by atoms with Gasteiger partial charge in [0.1, 0.15) is 6.10 Å². The van der Waals surface area contributed by atoms with Gasteiger partial charge in [-0.25, -0.2) is 4.79 Å². The average molecular weight is 272 g/mol. The van der Waals surface area contributed by atoms with Gasteiger partial charge in [-0.15, -0.1) is 0 Å². The predicted molar refractivity (Wildman–Crippen MR) is 69.3 cm³/mol. The van der Waals surface area contributed by atoms with Gasteiger partial charge >= 0.3 is 6.16 Å². The van der Waals surface area contributed by atoms with Gasteiger partial charge in [0.2, 0.25) is 6.29 Å². The molecule has 0 aliphatic heterocycles. The Bertz CT molecular complexity index is 302. The summed E-state index contributed by atoms with van der Waals surface area (Å²) in [6.07, 6.45) is 1.31. The zero-order valence-electron chi connectivity index (χ0n) is 12.1. The van der Waals surface area contributed by atoms with Crippen molar-refractivity contribution in [1.29, 1.82) is 0 Å². The van der Waals surface area contributed by atoms with E-state index in [9.17, 15) is 9.59 Å². The van der Waals surface area contributed by atoms with Crippen LogP contribution in [0.2, 0.25) is 0 Å². The minimum atomic E-state index is -0.913. The molecular formula is C14H24O5. The predicted octanol–water partition coefficient (Wildman–Crippen LogP) is 3.12. The highest BCUT2D eigenvalue weighted by Crippen LogP contribution is 2.35. The zero-order valence-corrected chi connectivity index (χ0v) is 12.1. The van der Waals surface area contributed by atoms with E-state index in [4.69, 9.17) is 9.47 Å². The van der Waals surface area contributed by atoms with E-state index < -0.39 is 12.4 Å². The number of hydrogen-bond acceptors (Lipinski definition) is 5. The summed E-state index contributed by atoms with van der Waals surface area (Å²) >= 11 is 0. The van der Waals surface area contributed by atoms with Crippen LogP contribution in [0.5, 0.6) is 0 Å². The molecule has 1 aliphatic carbocycles. The van der Waals surface area contributed by atoms with Crippen molar-refractivity contribution in [3.05, 3.63) is 0 Å². The van der Waals surface area contributed by atoms with Crippen molar-refractivity contribution < 1.29 is 23.8 Å². The Morgan fingerprint density at radius 1 is 1.26 bits per heavy atom. The molecule has 0 saturated heterocycles. The van der Waals surface area contributed by atoms with Gasteiger partial charge in [0, 0.05) is 6.92 Å². The summed E-state index contributed by atoms with van der Waals surface area (Å²) in [5.74, 6) is 1.39. The molecule has 1 fully saturated rings. The maximum Gasteiger partial charge on any atom is 0.511 e. The summed E-state index contributed by atoms with van der Waals surface area (Å²) in [7, 11) is 0. The van der Waals surface area contributed by atoms with Crippen molar-refractivity contribution in [2.45, 2.75) is 59.4 Å². The number of ether oxygens (including phenoxy) is 3. The molecule has 1 rings (SSSR count). The second kappa shape index (κ2) is 7.36. The first-order valence-corrected chi connectivity index (χ1v) is 6.90. The molecule has 0 heterocycles. The summed E-state index contributed by atoms with van der Waals surface area (Å²) in [5.41, 5.74) is 0. The van der Waals surface area contributed by atoms with Crippen LogP contribution in [0.25, 0.3) is 0 Å². The van der Waals surface area contributed by atoms with Crippen LogP contribution in [0, 0.1) is 17.8 Å². The first-order valence-electron chi connectivity index (χ1n) is 6.90. The SMILES string of the molecule is CC(C)[C@@H]1CC[C@@H](C)C[C@H]1OC(=O)O[C@H](C)OC=O. The summed E-state index contributed by atoms with van der Waals surface area (Å²) in [6, 6.07) is 0. The molecule has 0 spiro atoms. The van der Waals surface area contributed by atoms with E-state index >= 15 is 0 Å². The molecule has 19 heavy (non-hydrogen) atoms. The van der Waals surface area contributed by atoms with Gasteiger partial charge in [-0.3, -0.25) is 4.79 Å². The van der Waals surface area contributed by atoms with E-state index in [1.807, 2.05) is 0 Å². The Labute approximate surface area is 114 Å². The molecule has 0 radical (unpaired) electrons. The maximum atomic E-state index is 11.6. The second-order valence-corrected chi connectivity index (χ2v) is 5.65. The van der Waals surface area contributed by atoms with E-state index in [1.165, 1.54) is 13.3 Å². The van der Waals surface area contributed by atoms with Gasteiger partial charge in [0.15, 0.2) is 0 Å². The van der Waals surface area contributed by atoms with Crippen LogP contribution in [0.3, 0.4) is 0 Å². The van der Waals surface area contributed by atoms with Crippen molar-refractivity contribution in [3.8, 4) is 0 Å². The lowest BCUT2D eigenvalue weighted by Crippen LogP contribution is -2.36. The van der Waals surface area contributed by atoms with Crippen LogP contribution in [0.4, 0.5) is 4.79 Å².